The van der Waals surface area contributed by atoms with Crippen LogP contribution < -0.4 is 21.5 Å². The van der Waals surface area contributed by atoms with Crippen LogP contribution in [-0.4, -0.2) is 90.1 Å². The molecule has 14 heteroatoms. The highest BCUT2D eigenvalue weighted by Gasteiger charge is 2.38. The van der Waals surface area contributed by atoms with Gasteiger partial charge in [-0.15, -0.1) is 11.3 Å². The van der Waals surface area contributed by atoms with E-state index in [0.29, 0.717) is 72.7 Å². The van der Waals surface area contributed by atoms with Crippen molar-refractivity contribution in [1.29, 1.82) is 0 Å². The van der Waals surface area contributed by atoms with Gasteiger partial charge in [-0.2, -0.15) is 4.98 Å². The molecule has 0 amide bonds. The summed E-state index contributed by atoms with van der Waals surface area (Å²) in [7, 11) is -3.40. The van der Waals surface area contributed by atoms with Gasteiger partial charge in [0.25, 0.3) is 5.56 Å². The standard InChI is InChI=1S/C30H36N8O4S2/c39-29-25(28-32-19-26(43-28)44(40,41)24-7-8-24)16-20-17-33-30(36-27(20)38(29)11-10-37-12-14-42-15-13-37)35-22-5-3-21(4-6-22)34-23-2-1-9-31-18-23/h3-6,16-17,19,23-24,31,34H,1-2,7-15,18H2,(H,33,35,36). The number of nitrogens with one attached hydrogen (secondary N) is 3. The van der Waals surface area contributed by atoms with Crippen LogP contribution in [-0.2, 0) is 21.1 Å². The lowest BCUT2D eigenvalue weighted by Crippen LogP contribution is -2.39. The molecule has 7 rings (SSSR count). The summed E-state index contributed by atoms with van der Waals surface area (Å²) < 4.78 is 33.0. The van der Waals surface area contributed by atoms with Crippen LogP contribution in [0.15, 0.2) is 51.7 Å². The van der Waals surface area contributed by atoms with Crippen LogP contribution in [0.4, 0.5) is 17.3 Å². The zero-order chi connectivity index (χ0) is 30.1. The topological polar surface area (TPSA) is 143 Å². The predicted octanol–water partition coefficient (Wildman–Crippen LogP) is 3.09. The SMILES string of the molecule is O=c1c(-c2ncc(S(=O)(=O)C3CC3)s2)cc2cnc(Nc3ccc(NC4CCCNC4)cc3)nc2n1CCN1CCOCC1. The maximum Gasteiger partial charge on any atom is 0.262 e. The summed E-state index contributed by atoms with van der Waals surface area (Å²) in [4.78, 5) is 29.9. The molecule has 1 unspecified atom stereocenters. The largest absolute Gasteiger partial charge is 0.381 e. The second-order valence-corrected chi connectivity index (χ2v) is 15.0. The molecule has 0 bridgehead atoms. The number of anilines is 3. The molecule has 232 valence electrons. The lowest BCUT2D eigenvalue weighted by Gasteiger charge is -2.27. The summed E-state index contributed by atoms with van der Waals surface area (Å²) in [5.41, 5.74) is 2.50. The van der Waals surface area contributed by atoms with Crippen molar-refractivity contribution in [2.75, 3.05) is 56.6 Å². The summed E-state index contributed by atoms with van der Waals surface area (Å²) in [5, 5.41) is 11.0. The normalized spacial score (nSPS) is 19.7. The predicted molar refractivity (Wildman–Crippen MR) is 172 cm³/mol. The van der Waals surface area contributed by atoms with Gasteiger partial charge in [-0.25, -0.2) is 18.4 Å². The van der Waals surface area contributed by atoms with Gasteiger partial charge in [0.1, 0.15) is 14.9 Å². The van der Waals surface area contributed by atoms with Crippen LogP contribution in [0.25, 0.3) is 21.6 Å². The molecule has 1 atom stereocenters. The first-order valence-corrected chi connectivity index (χ1v) is 17.6. The molecule has 12 nitrogen and oxygen atoms in total. The van der Waals surface area contributed by atoms with Crippen molar-refractivity contribution < 1.29 is 13.2 Å². The van der Waals surface area contributed by atoms with Gasteiger partial charge in [0.2, 0.25) is 5.95 Å². The third-order valence-electron chi connectivity index (χ3n) is 8.34. The number of nitrogens with zero attached hydrogens (tertiary/aromatic N) is 5. The van der Waals surface area contributed by atoms with Crippen LogP contribution in [0.2, 0.25) is 0 Å². The van der Waals surface area contributed by atoms with Crippen molar-refractivity contribution in [3.63, 3.8) is 0 Å². The molecule has 2 aliphatic heterocycles. The van der Waals surface area contributed by atoms with Crippen LogP contribution in [0.5, 0.6) is 0 Å². The van der Waals surface area contributed by atoms with E-state index >= 15 is 0 Å². The van der Waals surface area contributed by atoms with Crippen molar-refractivity contribution >= 4 is 49.5 Å². The summed E-state index contributed by atoms with van der Waals surface area (Å²) in [6, 6.07) is 10.2. The van der Waals surface area contributed by atoms with E-state index in [9.17, 15) is 13.2 Å². The van der Waals surface area contributed by atoms with Crippen molar-refractivity contribution in [3.8, 4) is 10.6 Å². The average molecular weight is 637 g/mol. The van der Waals surface area contributed by atoms with Crippen LogP contribution in [0.1, 0.15) is 25.7 Å². The number of aromatic nitrogens is 4. The zero-order valence-electron chi connectivity index (χ0n) is 24.4. The fourth-order valence-electron chi connectivity index (χ4n) is 5.69. The van der Waals surface area contributed by atoms with E-state index < -0.39 is 9.84 Å². The minimum atomic E-state index is -3.40. The van der Waals surface area contributed by atoms with Gasteiger partial charge in [-0.1, -0.05) is 0 Å². The van der Waals surface area contributed by atoms with Gasteiger partial charge in [0, 0.05) is 61.7 Å². The van der Waals surface area contributed by atoms with E-state index in [0.717, 1.165) is 55.3 Å². The number of hydrogen-bond donors (Lipinski definition) is 3. The first kappa shape index (κ1) is 29.3. The van der Waals surface area contributed by atoms with Crippen molar-refractivity contribution in [2.24, 2.45) is 0 Å². The molecule has 1 saturated carbocycles. The van der Waals surface area contributed by atoms with Crippen molar-refractivity contribution in [3.05, 3.63) is 53.1 Å². The van der Waals surface area contributed by atoms with Gasteiger partial charge in [-0.3, -0.25) is 14.3 Å². The van der Waals surface area contributed by atoms with Crippen LogP contribution >= 0.6 is 11.3 Å². The zero-order valence-corrected chi connectivity index (χ0v) is 26.0. The van der Waals surface area contributed by atoms with E-state index in [4.69, 9.17) is 9.72 Å². The van der Waals surface area contributed by atoms with Gasteiger partial charge in [-0.05, 0) is 62.6 Å². The van der Waals surface area contributed by atoms with E-state index in [1.54, 1.807) is 16.8 Å². The van der Waals surface area contributed by atoms with Gasteiger partial charge in [0.05, 0.1) is 30.2 Å². The molecule has 3 aliphatic rings. The third kappa shape index (κ3) is 6.35. The smallest absolute Gasteiger partial charge is 0.262 e. The van der Waals surface area contributed by atoms with Crippen LogP contribution in [0, 0.1) is 0 Å². The van der Waals surface area contributed by atoms with E-state index in [-0.39, 0.29) is 15.0 Å². The molecular weight excluding hydrogens is 601 g/mol. The molecule has 3 aromatic heterocycles. The molecule has 0 spiro atoms. The Morgan fingerprint density at radius 3 is 2.57 bits per heavy atom. The highest BCUT2D eigenvalue weighted by atomic mass is 32.2. The molecule has 3 fully saturated rings. The fraction of sp³-hybridized carbons (Fsp3) is 0.467. The Labute approximate surface area is 259 Å². The molecule has 5 heterocycles. The van der Waals surface area contributed by atoms with Crippen LogP contribution in [0.3, 0.4) is 0 Å². The third-order valence-corrected chi connectivity index (χ3v) is 12.1. The Bertz CT molecular complexity index is 1790. The number of morpholine rings is 1. The monoisotopic (exact) mass is 636 g/mol. The summed E-state index contributed by atoms with van der Waals surface area (Å²) in [6.07, 6.45) is 6.74. The van der Waals surface area contributed by atoms with Crippen molar-refractivity contribution in [1.82, 2.24) is 29.7 Å². The first-order valence-electron chi connectivity index (χ1n) is 15.2. The second-order valence-electron chi connectivity index (χ2n) is 11.6. The molecule has 1 aromatic carbocycles. The van der Waals surface area contributed by atoms with E-state index in [1.165, 1.54) is 12.6 Å². The second kappa shape index (κ2) is 12.5. The van der Waals surface area contributed by atoms with E-state index in [1.807, 2.05) is 24.3 Å². The molecule has 3 N–H and O–H groups in total. The highest BCUT2D eigenvalue weighted by Crippen LogP contribution is 2.37. The maximum atomic E-state index is 14.0. The average Bonchev–Trinajstić information content (AvgIpc) is 3.80. The Balaban J connectivity index is 1.18. The number of hydrogen-bond acceptors (Lipinski definition) is 12. The number of rotatable bonds is 10. The number of benzene rings is 1. The molecule has 44 heavy (non-hydrogen) atoms. The minimum absolute atomic E-state index is 0.210. The van der Waals surface area contributed by atoms with Gasteiger partial charge >= 0.3 is 0 Å². The number of thiazole rings is 1. The summed E-state index contributed by atoms with van der Waals surface area (Å²) in [6.45, 7) is 6.02. The number of piperidine rings is 1. The summed E-state index contributed by atoms with van der Waals surface area (Å²) in [5.74, 6) is 0.383. The lowest BCUT2D eigenvalue weighted by atomic mass is 10.1. The van der Waals surface area contributed by atoms with Crippen molar-refractivity contribution in [2.45, 2.75) is 47.7 Å². The lowest BCUT2D eigenvalue weighted by molar-refractivity contribution is 0.0364. The maximum absolute atomic E-state index is 14.0. The number of ether oxygens (including phenoxy) is 1. The van der Waals surface area contributed by atoms with Gasteiger partial charge < -0.3 is 20.7 Å². The number of pyridine rings is 1. The summed E-state index contributed by atoms with van der Waals surface area (Å²) >= 11 is 1.05. The molecule has 1 aliphatic carbocycles. The molecule has 4 aromatic rings. The quantitative estimate of drug-likeness (QED) is 0.236. The Morgan fingerprint density at radius 2 is 1.82 bits per heavy atom. The molecular formula is C30H36N8O4S2. The number of sulfone groups is 1. The fourth-order valence-corrected chi connectivity index (χ4v) is 8.75. The minimum Gasteiger partial charge on any atom is -0.381 e. The highest BCUT2D eigenvalue weighted by molar-refractivity contribution is 7.94. The molecule has 0 radical (unpaired) electrons. The number of fused-ring (bicyclic) bond motifs is 1. The Hall–Kier alpha value is -3.43. The molecule has 2 saturated heterocycles. The Morgan fingerprint density at radius 1 is 1.02 bits per heavy atom. The Kier molecular flexibility index (Phi) is 8.33. The van der Waals surface area contributed by atoms with E-state index in [2.05, 4.69) is 30.8 Å². The van der Waals surface area contributed by atoms with Gasteiger partial charge in [0.15, 0.2) is 9.84 Å². The first-order chi connectivity index (χ1) is 21.4.